The van der Waals surface area contributed by atoms with Crippen LogP contribution in [-0.4, -0.2) is 34.5 Å². The Morgan fingerprint density at radius 3 is 2.65 bits per heavy atom. The second kappa shape index (κ2) is 5.40. The minimum absolute atomic E-state index is 0.224. The summed E-state index contributed by atoms with van der Waals surface area (Å²) in [6.45, 7) is 3.04. The molecular formula is C11H14N2O4. The van der Waals surface area contributed by atoms with E-state index < -0.39 is 10.9 Å². The van der Waals surface area contributed by atoms with Crippen molar-refractivity contribution in [2.45, 2.75) is 13.5 Å². The molecule has 1 aromatic carbocycles. The molecule has 0 unspecified atom stereocenters. The van der Waals surface area contributed by atoms with Gasteiger partial charge in [-0.2, -0.15) is 0 Å². The van der Waals surface area contributed by atoms with Crippen molar-refractivity contribution >= 4 is 11.7 Å². The molecule has 1 rings (SSSR count). The van der Waals surface area contributed by atoms with Crippen molar-refractivity contribution in [1.29, 1.82) is 0 Å². The number of rotatable bonds is 5. The van der Waals surface area contributed by atoms with Gasteiger partial charge in [0, 0.05) is 12.6 Å². The van der Waals surface area contributed by atoms with E-state index in [9.17, 15) is 14.9 Å². The zero-order chi connectivity index (χ0) is 13.0. The molecule has 0 aliphatic carbocycles. The maximum absolute atomic E-state index is 11.1. The molecule has 0 amide bonds. The molecule has 17 heavy (non-hydrogen) atoms. The van der Waals surface area contributed by atoms with Gasteiger partial charge in [-0.05, 0) is 19.2 Å². The molecular weight excluding hydrogens is 224 g/mol. The summed E-state index contributed by atoms with van der Waals surface area (Å²) in [6.07, 6.45) is 0. The van der Waals surface area contributed by atoms with E-state index in [0.717, 1.165) is 6.54 Å². The maximum Gasteiger partial charge on any atom is 0.343 e. The minimum atomic E-state index is -1.27. The Labute approximate surface area is 98.6 Å². The number of carboxylic acids is 1. The van der Waals surface area contributed by atoms with Crippen LogP contribution in [0.5, 0.6) is 0 Å². The Balaban J connectivity index is 3.25. The number of hydrogen-bond acceptors (Lipinski definition) is 4. The van der Waals surface area contributed by atoms with Crippen LogP contribution in [0.15, 0.2) is 18.2 Å². The molecule has 0 saturated carbocycles. The largest absolute Gasteiger partial charge is 0.477 e. The molecule has 0 aromatic heterocycles. The number of aromatic carboxylic acids is 1. The van der Waals surface area contributed by atoms with E-state index in [-0.39, 0.29) is 11.3 Å². The normalized spacial score (nSPS) is 10.5. The highest BCUT2D eigenvalue weighted by Gasteiger charge is 2.23. The predicted molar refractivity (Wildman–Crippen MR) is 62.1 cm³/mol. The van der Waals surface area contributed by atoms with Crippen molar-refractivity contribution in [3.8, 4) is 0 Å². The van der Waals surface area contributed by atoms with Crippen molar-refractivity contribution in [2.75, 3.05) is 13.6 Å². The summed E-state index contributed by atoms with van der Waals surface area (Å²) in [5.41, 5.74) is -0.131. The van der Waals surface area contributed by atoms with Crippen LogP contribution in [0.25, 0.3) is 0 Å². The summed E-state index contributed by atoms with van der Waals surface area (Å²) >= 11 is 0. The predicted octanol–water partition coefficient (Wildman–Crippen LogP) is 1.74. The molecule has 0 bridgehead atoms. The number of hydrogen-bond donors (Lipinski definition) is 1. The first kappa shape index (κ1) is 13.1. The molecule has 0 spiro atoms. The fraction of sp³-hybridized carbons (Fsp3) is 0.364. The Bertz CT molecular complexity index is 445. The summed E-state index contributed by atoms with van der Waals surface area (Å²) in [4.78, 5) is 23.1. The van der Waals surface area contributed by atoms with Gasteiger partial charge in [0.1, 0.15) is 5.56 Å². The first-order valence-corrected chi connectivity index (χ1v) is 5.15. The molecule has 1 N–H and O–H groups in total. The lowest BCUT2D eigenvalue weighted by Gasteiger charge is -2.15. The average Bonchev–Trinajstić information content (AvgIpc) is 2.28. The van der Waals surface area contributed by atoms with Gasteiger partial charge in [-0.1, -0.05) is 19.1 Å². The van der Waals surface area contributed by atoms with Gasteiger partial charge in [0.25, 0.3) is 5.69 Å². The third kappa shape index (κ3) is 3.01. The molecule has 0 atom stereocenters. The van der Waals surface area contributed by atoms with Crippen LogP contribution in [0.4, 0.5) is 5.69 Å². The highest BCUT2D eigenvalue weighted by Crippen LogP contribution is 2.23. The number of carboxylic acid groups (broad SMARTS) is 1. The van der Waals surface area contributed by atoms with E-state index in [2.05, 4.69) is 0 Å². The van der Waals surface area contributed by atoms with Crippen molar-refractivity contribution < 1.29 is 14.8 Å². The van der Waals surface area contributed by atoms with Gasteiger partial charge in [-0.15, -0.1) is 0 Å². The fourth-order valence-corrected chi connectivity index (χ4v) is 1.52. The monoisotopic (exact) mass is 238 g/mol. The Kier molecular flexibility index (Phi) is 4.17. The summed E-state index contributed by atoms with van der Waals surface area (Å²) in [7, 11) is 1.82. The van der Waals surface area contributed by atoms with Gasteiger partial charge < -0.3 is 10.0 Å². The smallest absolute Gasteiger partial charge is 0.343 e. The van der Waals surface area contributed by atoms with E-state index in [0.29, 0.717) is 12.1 Å². The standard InChI is InChI=1S/C11H14N2O4/c1-3-12(2)7-8-5-4-6-9(13(16)17)10(8)11(14)15/h4-6H,3,7H2,1-2H3,(H,14,15). The molecule has 6 nitrogen and oxygen atoms in total. The number of carbonyl (C=O) groups is 1. The van der Waals surface area contributed by atoms with Crippen molar-refractivity contribution in [3.05, 3.63) is 39.4 Å². The fourth-order valence-electron chi connectivity index (χ4n) is 1.52. The van der Waals surface area contributed by atoms with E-state index in [1.165, 1.54) is 12.1 Å². The molecule has 0 saturated heterocycles. The number of benzene rings is 1. The van der Waals surface area contributed by atoms with Crippen LogP contribution in [0.2, 0.25) is 0 Å². The molecule has 0 aliphatic rings. The van der Waals surface area contributed by atoms with Crippen LogP contribution in [-0.2, 0) is 6.54 Å². The second-order valence-corrected chi connectivity index (χ2v) is 3.70. The Morgan fingerprint density at radius 2 is 2.18 bits per heavy atom. The molecule has 1 aromatic rings. The van der Waals surface area contributed by atoms with E-state index in [1.54, 1.807) is 6.07 Å². The molecule has 0 heterocycles. The van der Waals surface area contributed by atoms with E-state index in [4.69, 9.17) is 5.11 Å². The Morgan fingerprint density at radius 1 is 1.53 bits per heavy atom. The van der Waals surface area contributed by atoms with Crippen LogP contribution >= 0.6 is 0 Å². The zero-order valence-corrected chi connectivity index (χ0v) is 9.71. The van der Waals surface area contributed by atoms with Crippen molar-refractivity contribution in [3.63, 3.8) is 0 Å². The van der Waals surface area contributed by atoms with Crippen molar-refractivity contribution in [2.24, 2.45) is 0 Å². The second-order valence-electron chi connectivity index (χ2n) is 3.70. The lowest BCUT2D eigenvalue weighted by Crippen LogP contribution is -2.19. The quantitative estimate of drug-likeness (QED) is 0.624. The molecule has 6 heteroatoms. The van der Waals surface area contributed by atoms with Gasteiger partial charge in [0.05, 0.1) is 4.92 Å². The van der Waals surface area contributed by atoms with Gasteiger partial charge in [-0.25, -0.2) is 4.79 Å². The number of nitro groups is 1. The summed E-state index contributed by atoms with van der Waals surface area (Å²) in [6, 6.07) is 4.31. The average molecular weight is 238 g/mol. The van der Waals surface area contributed by atoms with Gasteiger partial charge in [-0.3, -0.25) is 10.1 Å². The summed E-state index contributed by atoms with van der Waals surface area (Å²) < 4.78 is 0. The topological polar surface area (TPSA) is 83.7 Å². The highest BCUT2D eigenvalue weighted by molar-refractivity contribution is 5.94. The highest BCUT2D eigenvalue weighted by atomic mass is 16.6. The number of nitrogens with zero attached hydrogens (tertiary/aromatic N) is 2. The first-order valence-electron chi connectivity index (χ1n) is 5.15. The lowest BCUT2D eigenvalue weighted by atomic mass is 10.1. The molecule has 0 radical (unpaired) electrons. The van der Waals surface area contributed by atoms with E-state index >= 15 is 0 Å². The third-order valence-electron chi connectivity index (χ3n) is 2.52. The van der Waals surface area contributed by atoms with Crippen LogP contribution in [0, 0.1) is 10.1 Å². The molecule has 92 valence electrons. The maximum atomic E-state index is 11.1. The van der Waals surface area contributed by atoms with Gasteiger partial charge in [0.15, 0.2) is 0 Å². The zero-order valence-electron chi connectivity index (χ0n) is 9.71. The van der Waals surface area contributed by atoms with Gasteiger partial charge >= 0.3 is 5.97 Å². The minimum Gasteiger partial charge on any atom is -0.477 e. The number of nitro benzene ring substituents is 1. The van der Waals surface area contributed by atoms with Crippen LogP contribution < -0.4 is 0 Å². The SMILES string of the molecule is CCN(C)Cc1cccc([N+](=O)[O-])c1C(=O)O. The molecule has 0 fully saturated rings. The Hall–Kier alpha value is -1.95. The first-order chi connectivity index (χ1) is 7.97. The van der Waals surface area contributed by atoms with Crippen LogP contribution in [0.3, 0.4) is 0 Å². The van der Waals surface area contributed by atoms with Crippen molar-refractivity contribution in [1.82, 2.24) is 4.90 Å². The summed E-state index contributed by atoms with van der Waals surface area (Å²) in [5.74, 6) is -1.27. The lowest BCUT2D eigenvalue weighted by molar-refractivity contribution is -0.385. The van der Waals surface area contributed by atoms with Gasteiger partial charge in [0.2, 0.25) is 0 Å². The van der Waals surface area contributed by atoms with Crippen LogP contribution in [0.1, 0.15) is 22.8 Å². The molecule has 0 aliphatic heterocycles. The van der Waals surface area contributed by atoms with E-state index in [1.807, 2.05) is 18.9 Å². The third-order valence-corrected chi connectivity index (χ3v) is 2.52. The summed E-state index contributed by atoms with van der Waals surface area (Å²) in [5, 5.41) is 19.8.